The Labute approximate surface area is 125 Å². The minimum Gasteiger partial charge on any atom is -0.343 e. The van der Waals surface area contributed by atoms with Crippen LogP contribution in [0.1, 0.15) is 26.2 Å². The van der Waals surface area contributed by atoms with Crippen LogP contribution in [0.3, 0.4) is 0 Å². The van der Waals surface area contributed by atoms with Crippen molar-refractivity contribution in [1.29, 1.82) is 0 Å². The first-order valence-corrected chi connectivity index (χ1v) is 9.18. The van der Waals surface area contributed by atoms with Crippen molar-refractivity contribution in [2.45, 2.75) is 32.2 Å². The van der Waals surface area contributed by atoms with Crippen LogP contribution in [0.4, 0.5) is 4.79 Å². The van der Waals surface area contributed by atoms with E-state index in [0.717, 1.165) is 12.8 Å². The lowest BCUT2D eigenvalue weighted by Gasteiger charge is -2.31. The largest absolute Gasteiger partial charge is 0.343 e. The van der Waals surface area contributed by atoms with Crippen LogP contribution in [0.15, 0.2) is 0 Å². The standard InChI is InChI=1S/C13H23N3O4S/c1-10(17)16-5-2-12(3-6-16)15-13(18)14-8-11-4-7-21(19,20)9-11/h11-12H,2-9H2,1H3,(H2,14,15,18)/t11-/m1/s1. The van der Waals surface area contributed by atoms with Gasteiger partial charge in [-0.15, -0.1) is 0 Å². The summed E-state index contributed by atoms with van der Waals surface area (Å²) in [4.78, 5) is 24.8. The third-order valence-corrected chi connectivity index (χ3v) is 5.99. The van der Waals surface area contributed by atoms with Gasteiger partial charge in [-0.2, -0.15) is 0 Å². The second-order valence-electron chi connectivity index (χ2n) is 5.90. The normalized spacial score (nSPS) is 25.6. The Morgan fingerprint density at radius 1 is 1.19 bits per heavy atom. The minimum absolute atomic E-state index is 0.0281. The maximum Gasteiger partial charge on any atom is 0.315 e. The molecule has 2 saturated heterocycles. The quantitative estimate of drug-likeness (QED) is 0.749. The first-order valence-electron chi connectivity index (χ1n) is 7.36. The molecule has 0 aromatic rings. The highest BCUT2D eigenvalue weighted by Crippen LogP contribution is 2.17. The van der Waals surface area contributed by atoms with Crippen molar-refractivity contribution in [2.75, 3.05) is 31.1 Å². The van der Waals surface area contributed by atoms with E-state index in [0.29, 0.717) is 26.1 Å². The monoisotopic (exact) mass is 317 g/mol. The molecule has 0 radical (unpaired) electrons. The molecule has 0 spiro atoms. The summed E-state index contributed by atoms with van der Waals surface area (Å²) in [6, 6.07) is -0.173. The van der Waals surface area contributed by atoms with Gasteiger partial charge in [0.15, 0.2) is 9.84 Å². The molecule has 0 bridgehead atoms. The van der Waals surface area contributed by atoms with Crippen LogP contribution in [0.5, 0.6) is 0 Å². The smallest absolute Gasteiger partial charge is 0.315 e. The summed E-state index contributed by atoms with van der Waals surface area (Å²) in [7, 11) is -2.89. The zero-order chi connectivity index (χ0) is 15.5. The number of likely N-dealkylation sites (tertiary alicyclic amines) is 1. The zero-order valence-electron chi connectivity index (χ0n) is 12.3. The average Bonchev–Trinajstić information content (AvgIpc) is 2.77. The van der Waals surface area contributed by atoms with E-state index < -0.39 is 9.84 Å². The fraction of sp³-hybridized carbons (Fsp3) is 0.846. The lowest BCUT2D eigenvalue weighted by molar-refractivity contribution is -0.129. The number of rotatable bonds is 3. The molecule has 2 aliphatic rings. The number of amides is 3. The van der Waals surface area contributed by atoms with Crippen molar-refractivity contribution in [3.8, 4) is 0 Å². The maximum absolute atomic E-state index is 11.8. The summed E-state index contributed by atoms with van der Waals surface area (Å²) in [6.07, 6.45) is 2.13. The SMILES string of the molecule is CC(=O)N1CCC(NC(=O)NC[C@H]2CCS(=O)(=O)C2)CC1. The highest BCUT2D eigenvalue weighted by molar-refractivity contribution is 7.91. The van der Waals surface area contributed by atoms with Crippen molar-refractivity contribution < 1.29 is 18.0 Å². The number of hydrogen-bond acceptors (Lipinski definition) is 4. The second-order valence-corrected chi connectivity index (χ2v) is 8.13. The Bertz CT molecular complexity index is 498. The Morgan fingerprint density at radius 3 is 2.38 bits per heavy atom. The molecule has 1 atom stereocenters. The molecular weight excluding hydrogens is 294 g/mol. The fourth-order valence-corrected chi connectivity index (χ4v) is 4.71. The number of carbonyl (C=O) groups is 2. The number of urea groups is 1. The molecule has 0 unspecified atom stereocenters. The van der Waals surface area contributed by atoms with E-state index in [1.165, 1.54) is 0 Å². The molecule has 3 amide bonds. The van der Waals surface area contributed by atoms with Gasteiger partial charge >= 0.3 is 6.03 Å². The Hall–Kier alpha value is -1.31. The van der Waals surface area contributed by atoms with E-state index in [1.54, 1.807) is 11.8 Å². The molecule has 0 aromatic heterocycles. The summed E-state index contributed by atoms with van der Waals surface area (Å²) in [5, 5.41) is 5.63. The molecule has 2 fully saturated rings. The number of carbonyl (C=O) groups excluding carboxylic acids is 2. The van der Waals surface area contributed by atoms with Gasteiger partial charge in [0.2, 0.25) is 5.91 Å². The van der Waals surface area contributed by atoms with Crippen molar-refractivity contribution in [3.63, 3.8) is 0 Å². The summed E-state index contributed by atoms with van der Waals surface area (Å²) >= 11 is 0. The summed E-state index contributed by atoms with van der Waals surface area (Å²) in [6.45, 7) is 3.29. The topological polar surface area (TPSA) is 95.6 Å². The summed E-state index contributed by atoms with van der Waals surface area (Å²) < 4.78 is 22.7. The van der Waals surface area contributed by atoms with Gasteiger partial charge in [-0.25, -0.2) is 13.2 Å². The van der Waals surface area contributed by atoms with Gasteiger partial charge in [0.25, 0.3) is 0 Å². The Balaban J connectivity index is 1.65. The van der Waals surface area contributed by atoms with Gasteiger partial charge in [-0.3, -0.25) is 4.79 Å². The Kier molecular flexibility index (Phi) is 5.08. The molecular formula is C13H23N3O4S. The molecule has 21 heavy (non-hydrogen) atoms. The molecule has 2 heterocycles. The molecule has 0 saturated carbocycles. The van der Waals surface area contributed by atoms with Crippen molar-refractivity contribution in [1.82, 2.24) is 15.5 Å². The fourth-order valence-electron chi connectivity index (χ4n) is 2.85. The Morgan fingerprint density at radius 2 is 1.86 bits per heavy atom. The summed E-state index contributed by atoms with van der Waals surface area (Å²) in [5.41, 5.74) is 0. The van der Waals surface area contributed by atoms with Crippen LogP contribution >= 0.6 is 0 Å². The van der Waals surface area contributed by atoms with Crippen LogP contribution < -0.4 is 10.6 Å². The van der Waals surface area contributed by atoms with Crippen LogP contribution in [0.2, 0.25) is 0 Å². The first kappa shape index (κ1) is 16.1. The van der Waals surface area contributed by atoms with Crippen molar-refractivity contribution in [3.05, 3.63) is 0 Å². The van der Waals surface area contributed by atoms with Crippen LogP contribution in [-0.4, -0.2) is 62.4 Å². The molecule has 120 valence electrons. The minimum atomic E-state index is -2.89. The molecule has 2 aliphatic heterocycles. The summed E-state index contributed by atoms with van der Waals surface area (Å²) in [5.74, 6) is 0.495. The van der Waals surface area contributed by atoms with E-state index in [-0.39, 0.29) is 35.4 Å². The van der Waals surface area contributed by atoms with E-state index in [4.69, 9.17) is 0 Å². The highest BCUT2D eigenvalue weighted by atomic mass is 32.2. The maximum atomic E-state index is 11.8. The molecule has 8 heteroatoms. The number of nitrogens with zero attached hydrogens (tertiary/aromatic N) is 1. The second kappa shape index (κ2) is 6.64. The predicted octanol–water partition coefficient (Wildman–Crippen LogP) is -0.269. The zero-order valence-corrected chi connectivity index (χ0v) is 13.1. The average molecular weight is 317 g/mol. The molecule has 2 N–H and O–H groups in total. The first-order chi connectivity index (χ1) is 9.85. The third-order valence-electron chi connectivity index (χ3n) is 4.15. The van der Waals surface area contributed by atoms with Crippen molar-refractivity contribution in [2.24, 2.45) is 5.92 Å². The van der Waals surface area contributed by atoms with Gasteiger partial charge in [-0.05, 0) is 25.2 Å². The van der Waals surface area contributed by atoms with Gasteiger partial charge in [0, 0.05) is 32.6 Å². The van der Waals surface area contributed by atoms with Gasteiger partial charge in [0.1, 0.15) is 0 Å². The van der Waals surface area contributed by atoms with Crippen LogP contribution in [0.25, 0.3) is 0 Å². The lowest BCUT2D eigenvalue weighted by Crippen LogP contribution is -2.49. The van der Waals surface area contributed by atoms with Gasteiger partial charge in [0.05, 0.1) is 11.5 Å². The third kappa shape index (κ3) is 4.87. The molecule has 2 rings (SSSR count). The van der Waals surface area contributed by atoms with Crippen molar-refractivity contribution >= 4 is 21.8 Å². The predicted molar refractivity (Wildman–Crippen MR) is 78.6 cm³/mol. The number of hydrogen-bond donors (Lipinski definition) is 2. The number of nitrogens with one attached hydrogen (secondary N) is 2. The molecule has 7 nitrogen and oxygen atoms in total. The van der Waals surface area contributed by atoms with E-state index >= 15 is 0 Å². The van der Waals surface area contributed by atoms with E-state index in [9.17, 15) is 18.0 Å². The molecule has 0 aromatic carbocycles. The number of sulfone groups is 1. The van der Waals surface area contributed by atoms with Gasteiger partial charge in [-0.1, -0.05) is 0 Å². The van der Waals surface area contributed by atoms with Crippen LogP contribution in [-0.2, 0) is 14.6 Å². The van der Waals surface area contributed by atoms with E-state index in [2.05, 4.69) is 10.6 Å². The van der Waals surface area contributed by atoms with Gasteiger partial charge < -0.3 is 15.5 Å². The number of piperidine rings is 1. The molecule has 0 aliphatic carbocycles. The highest BCUT2D eigenvalue weighted by Gasteiger charge is 2.28. The van der Waals surface area contributed by atoms with E-state index in [1.807, 2.05) is 0 Å². The van der Waals surface area contributed by atoms with Crippen LogP contribution in [0, 0.1) is 5.92 Å². The lowest BCUT2D eigenvalue weighted by atomic mass is 10.1.